The van der Waals surface area contributed by atoms with E-state index in [4.69, 9.17) is 4.98 Å². The van der Waals surface area contributed by atoms with Gasteiger partial charge in [-0.2, -0.15) is 4.98 Å². The van der Waals surface area contributed by atoms with Gasteiger partial charge in [-0.25, -0.2) is 4.98 Å². The third-order valence-electron chi connectivity index (χ3n) is 6.43. The number of rotatable bonds is 6. The number of amides is 2. The van der Waals surface area contributed by atoms with Crippen LogP contribution in [0.25, 0.3) is 0 Å². The van der Waals surface area contributed by atoms with Crippen LogP contribution in [-0.4, -0.2) is 68.9 Å². The van der Waals surface area contributed by atoms with Crippen LogP contribution in [0.15, 0.2) is 24.3 Å². The first kappa shape index (κ1) is 23.0. The maximum atomic E-state index is 13.1. The van der Waals surface area contributed by atoms with Crippen molar-refractivity contribution in [2.75, 3.05) is 36.4 Å². The molecule has 176 valence electrons. The second kappa shape index (κ2) is 9.35. The molecule has 2 aliphatic heterocycles. The Balaban J connectivity index is 1.64. The van der Waals surface area contributed by atoms with E-state index in [0.717, 1.165) is 16.7 Å². The number of aliphatic hydroxyl groups is 1. The molecule has 0 saturated carbocycles. The maximum Gasteiger partial charge on any atom is 0.273 e. The molecule has 0 aliphatic carbocycles. The van der Waals surface area contributed by atoms with E-state index < -0.39 is 0 Å². The van der Waals surface area contributed by atoms with Crippen molar-refractivity contribution in [3.05, 3.63) is 46.6 Å². The standard InChI is InChI=1S/C24H32N6O3/c1-15(2)30-13-20-21(23(30)33)26-24(29-11-9-28(10-12-29)17(4)32)27-22(20)25-16(3)19-7-5-18(14-31)6-8-19/h5-8,15-16,31H,9-14H2,1-4H3,(H,25,26,27). The monoisotopic (exact) mass is 452 g/mol. The molecule has 1 atom stereocenters. The van der Waals surface area contributed by atoms with Gasteiger partial charge in [-0.1, -0.05) is 24.3 Å². The number of hydrogen-bond acceptors (Lipinski definition) is 7. The van der Waals surface area contributed by atoms with E-state index in [1.54, 1.807) is 6.92 Å². The minimum Gasteiger partial charge on any atom is -0.392 e. The molecule has 1 fully saturated rings. The molecule has 9 heteroatoms. The Morgan fingerprint density at radius 2 is 1.76 bits per heavy atom. The summed E-state index contributed by atoms with van der Waals surface area (Å²) in [6.45, 7) is 10.6. The molecule has 2 N–H and O–H groups in total. The SMILES string of the molecule is CC(=O)N1CCN(c2nc(NC(C)c3ccc(CO)cc3)c3c(n2)C(=O)N(C(C)C)C3)CC1. The largest absolute Gasteiger partial charge is 0.392 e. The minimum atomic E-state index is -0.0750. The summed E-state index contributed by atoms with van der Waals surface area (Å²) in [5, 5.41) is 12.8. The van der Waals surface area contributed by atoms with E-state index in [-0.39, 0.29) is 30.5 Å². The highest BCUT2D eigenvalue weighted by Gasteiger charge is 2.35. The molecule has 2 aromatic rings. The Kier molecular flexibility index (Phi) is 6.51. The number of aliphatic hydroxyl groups excluding tert-OH is 1. The van der Waals surface area contributed by atoms with E-state index >= 15 is 0 Å². The zero-order valence-corrected chi connectivity index (χ0v) is 19.7. The van der Waals surface area contributed by atoms with E-state index in [1.165, 1.54) is 0 Å². The average Bonchev–Trinajstić information content (AvgIpc) is 3.16. The smallest absolute Gasteiger partial charge is 0.273 e. The molecule has 1 saturated heterocycles. The molecule has 2 amide bonds. The molecule has 0 bridgehead atoms. The topological polar surface area (TPSA) is 102 Å². The predicted molar refractivity (Wildman–Crippen MR) is 126 cm³/mol. The predicted octanol–water partition coefficient (Wildman–Crippen LogP) is 2.17. The number of carbonyl (C=O) groups is 2. The normalized spacial score (nSPS) is 16.9. The molecule has 1 aromatic carbocycles. The molecule has 4 rings (SSSR count). The van der Waals surface area contributed by atoms with Crippen molar-refractivity contribution in [1.29, 1.82) is 0 Å². The molecule has 3 heterocycles. The van der Waals surface area contributed by atoms with E-state index in [2.05, 4.69) is 10.3 Å². The van der Waals surface area contributed by atoms with Crippen LogP contribution in [0.3, 0.4) is 0 Å². The molecule has 0 spiro atoms. The number of carbonyl (C=O) groups excluding carboxylic acids is 2. The molecule has 9 nitrogen and oxygen atoms in total. The number of nitrogens with one attached hydrogen (secondary N) is 1. The van der Waals surface area contributed by atoms with Crippen molar-refractivity contribution >= 4 is 23.6 Å². The van der Waals surface area contributed by atoms with Crippen molar-refractivity contribution in [2.24, 2.45) is 0 Å². The Hall–Kier alpha value is -3.20. The fourth-order valence-corrected chi connectivity index (χ4v) is 4.28. The first-order valence-electron chi connectivity index (χ1n) is 11.5. The van der Waals surface area contributed by atoms with Gasteiger partial charge in [0.15, 0.2) is 0 Å². The van der Waals surface area contributed by atoms with Crippen LogP contribution >= 0.6 is 0 Å². The Morgan fingerprint density at radius 3 is 2.33 bits per heavy atom. The first-order chi connectivity index (χ1) is 15.8. The highest BCUT2D eigenvalue weighted by molar-refractivity contribution is 5.98. The van der Waals surface area contributed by atoms with Gasteiger partial charge in [-0.05, 0) is 31.9 Å². The lowest BCUT2D eigenvalue weighted by Crippen LogP contribution is -2.48. The summed E-state index contributed by atoms with van der Waals surface area (Å²) in [5.74, 6) is 1.17. The van der Waals surface area contributed by atoms with Crippen LogP contribution < -0.4 is 10.2 Å². The summed E-state index contributed by atoms with van der Waals surface area (Å²) >= 11 is 0. The summed E-state index contributed by atoms with van der Waals surface area (Å²) < 4.78 is 0. The van der Waals surface area contributed by atoms with Gasteiger partial charge in [0.25, 0.3) is 5.91 Å². The van der Waals surface area contributed by atoms with Gasteiger partial charge in [0, 0.05) is 50.7 Å². The van der Waals surface area contributed by atoms with Crippen LogP contribution in [0.2, 0.25) is 0 Å². The molecule has 33 heavy (non-hydrogen) atoms. The zero-order valence-electron chi connectivity index (χ0n) is 19.7. The molecular weight excluding hydrogens is 420 g/mol. The average molecular weight is 453 g/mol. The van der Waals surface area contributed by atoms with Crippen LogP contribution in [0.4, 0.5) is 11.8 Å². The van der Waals surface area contributed by atoms with E-state index in [9.17, 15) is 14.7 Å². The Labute approximate surface area is 194 Å². The lowest BCUT2D eigenvalue weighted by atomic mass is 10.1. The van der Waals surface area contributed by atoms with Gasteiger partial charge in [-0.3, -0.25) is 9.59 Å². The lowest BCUT2D eigenvalue weighted by Gasteiger charge is -2.34. The van der Waals surface area contributed by atoms with Crippen LogP contribution in [0, 0.1) is 0 Å². The van der Waals surface area contributed by atoms with E-state index in [0.29, 0.717) is 50.2 Å². The molecule has 2 aliphatic rings. The zero-order chi connectivity index (χ0) is 23.7. The van der Waals surface area contributed by atoms with Crippen molar-refractivity contribution in [1.82, 2.24) is 19.8 Å². The highest BCUT2D eigenvalue weighted by Crippen LogP contribution is 2.32. The Bertz CT molecular complexity index is 1030. The fraction of sp³-hybridized carbons (Fsp3) is 0.500. The fourth-order valence-electron chi connectivity index (χ4n) is 4.28. The maximum absolute atomic E-state index is 13.1. The molecular formula is C24H32N6O3. The number of hydrogen-bond donors (Lipinski definition) is 2. The second-order valence-electron chi connectivity index (χ2n) is 8.99. The van der Waals surface area contributed by atoms with Gasteiger partial charge in [0.2, 0.25) is 11.9 Å². The number of nitrogens with zero attached hydrogens (tertiary/aromatic N) is 5. The van der Waals surface area contributed by atoms with E-state index in [1.807, 2.05) is 59.7 Å². The molecule has 1 unspecified atom stereocenters. The van der Waals surface area contributed by atoms with Gasteiger partial charge in [0.05, 0.1) is 13.2 Å². The third-order valence-corrected chi connectivity index (χ3v) is 6.43. The van der Waals surface area contributed by atoms with Crippen molar-refractivity contribution < 1.29 is 14.7 Å². The first-order valence-corrected chi connectivity index (χ1v) is 11.5. The van der Waals surface area contributed by atoms with Crippen LogP contribution in [-0.2, 0) is 17.9 Å². The van der Waals surface area contributed by atoms with Crippen LogP contribution in [0.1, 0.15) is 60.9 Å². The molecule has 0 radical (unpaired) electrons. The quantitative estimate of drug-likeness (QED) is 0.693. The minimum absolute atomic E-state index is 0.00884. The van der Waals surface area contributed by atoms with Gasteiger partial charge in [-0.15, -0.1) is 0 Å². The van der Waals surface area contributed by atoms with Gasteiger partial charge in [0.1, 0.15) is 11.5 Å². The summed E-state index contributed by atoms with van der Waals surface area (Å²) in [4.78, 5) is 40.0. The summed E-state index contributed by atoms with van der Waals surface area (Å²) in [5.41, 5.74) is 3.19. The summed E-state index contributed by atoms with van der Waals surface area (Å²) in [6, 6.07) is 7.79. The number of fused-ring (bicyclic) bond motifs is 1. The second-order valence-corrected chi connectivity index (χ2v) is 8.99. The number of anilines is 2. The highest BCUT2D eigenvalue weighted by atomic mass is 16.3. The van der Waals surface area contributed by atoms with Crippen LogP contribution in [0.5, 0.6) is 0 Å². The molecule has 1 aromatic heterocycles. The summed E-state index contributed by atoms with van der Waals surface area (Å²) in [6.07, 6.45) is 0. The van der Waals surface area contributed by atoms with Gasteiger partial charge >= 0.3 is 0 Å². The summed E-state index contributed by atoms with van der Waals surface area (Å²) in [7, 11) is 0. The van der Waals surface area contributed by atoms with Gasteiger partial charge < -0.3 is 25.1 Å². The number of aromatic nitrogens is 2. The lowest BCUT2D eigenvalue weighted by molar-refractivity contribution is -0.129. The Morgan fingerprint density at radius 1 is 1.09 bits per heavy atom. The number of benzene rings is 1. The third kappa shape index (κ3) is 4.64. The van der Waals surface area contributed by atoms with Crippen molar-refractivity contribution in [2.45, 2.75) is 52.9 Å². The van der Waals surface area contributed by atoms with Crippen molar-refractivity contribution in [3.8, 4) is 0 Å². The van der Waals surface area contributed by atoms with Crippen molar-refractivity contribution in [3.63, 3.8) is 0 Å². The number of piperazine rings is 1.